The Balaban J connectivity index is 2.17. The van der Waals surface area contributed by atoms with Crippen LogP contribution >= 0.6 is 15.9 Å². The lowest BCUT2D eigenvalue weighted by molar-refractivity contribution is 0.352. The van der Waals surface area contributed by atoms with E-state index in [0.717, 1.165) is 21.4 Å². The number of ether oxygens (including phenoxy) is 2. The van der Waals surface area contributed by atoms with Gasteiger partial charge in [-0.2, -0.15) is 0 Å². The van der Waals surface area contributed by atoms with Crippen molar-refractivity contribution in [3.63, 3.8) is 0 Å². The second-order valence-corrected chi connectivity index (χ2v) is 5.68. The fourth-order valence-corrected chi connectivity index (χ4v) is 3.40. The normalized spacial score (nSPS) is 10.9. The molecule has 2 aromatic heterocycles. The summed E-state index contributed by atoms with van der Waals surface area (Å²) in [6, 6.07) is 12.1. The summed E-state index contributed by atoms with van der Waals surface area (Å²) >= 11 is 3.67. The topological polar surface area (TPSA) is 50.0 Å². The number of aromatic nitrogens is 2. The maximum absolute atomic E-state index is 5.50. The van der Waals surface area contributed by atoms with Crippen LogP contribution in [0.2, 0.25) is 0 Å². The third-order valence-electron chi connectivity index (χ3n) is 3.69. The van der Waals surface area contributed by atoms with E-state index in [9.17, 15) is 0 Å². The van der Waals surface area contributed by atoms with Crippen LogP contribution in [-0.2, 0) is 0 Å². The summed E-state index contributed by atoms with van der Waals surface area (Å²) in [6.07, 6.45) is 3.86. The lowest BCUT2D eigenvalue weighted by Gasteiger charge is -2.20. The molecule has 0 saturated carbocycles. The molecule has 2 heterocycles. The Kier molecular flexibility index (Phi) is 4.24. The van der Waals surface area contributed by atoms with Gasteiger partial charge in [0.05, 0.1) is 24.6 Å². The van der Waals surface area contributed by atoms with Crippen molar-refractivity contribution >= 4 is 15.9 Å². The number of methoxy groups -OCH3 is 2. The van der Waals surface area contributed by atoms with Crippen LogP contribution in [0.5, 0.6) is 11.5 Å². The Bertz CT molecular complexity index is 702. The van der Waals surface area contributed by atoms with Gasteiger partial charge in [0.2, 0.25) is 0 Å². The molecule has 0 unspecified atom stereocenters. The SMILES string of the molecule is COc1ccc(C(c2ccc[nH]2)c2ccc[nH]2)c(Br)c1OC. The fraction of sp³-hybridized carbons (Fsp3) is 0.176. The van der Waals surface area contributed by atoms with Gasteiger partial charge in [-0.1, -0.05) is 6.07 Å². The van der Waals surface area contributed by atoms with Crippen LogP contribution in [0.4, 0.5) is 0 Å². The van der Waals surface area contributed by atoms with Crippen LogP contribution in [0.1, 0.15) is 22.9 Å². The average Bonchev–Trinajstić information content (AvgIpc) is 3.22. The minimum Gasteiger partial charge on any atom is -0.493 e. The molecule has 114 valence electrons. The Labute approximate surface area is 137 Å². The van der Waals surface area contributed by atoms with E-state index in [-0.39, 0.29) is 5.92 Å². The predicted octanol–water partition coefficient (Wildman–Crippen LogP) is 4.30. The van der Waals surface area contributed by atoms with Crippen LogP contribution in [0.3, 0.4) is 0 Å². The highest BCUT2D eigenvalue weighted by Gasteiger charge is 2.24. The molecule has 3 aromatic rings. The number of rotatable bonds is 5. The van der Waals surface area contributed by atoms with Gasteiger partial charge in [-0.05, 0) is 51.8 Å². The molecule has 3 rings (SSSR count). The molecule has 4 nitrogen and oxygen atoms in total. The van der Waals surface area contributed by atoms with Crippen molar-refractivity contribution in [2.75, 3.05) is 14.2 Å². The van der Waals surface area contributed by atoms with Crippen molar-refractivity contribution in [1.82, 2.24) is 9.97 Å². The van der Waals surface area contributed by atoms with Gasteiger partial charge in [0.1, 0.15) is 0 Å². The molecule has 0 aliphatic heterocycles. The van der Waals surface area contributed by atoms with Crippen molar-refractivity contribution in [2.24, 2.45) is 0 Å². The highest BCUT2D eigenvalue weighted by Crippen LogP contribution is 2.43. The summed E-state index contributed by atoms with van der Waals surface area (Å²) < 4.78 is 11.8. The standard InChI is InChI=1S/C17H17BrN2O2/c1-21-14-8-7-11(16(18)17(14)22-2)15(12-5-3-9-19-12)13-6-4-10-20-13/h3-10,15,19-20H,1-2H3. The zero-order valence-electron chi connectivity index (χ0n) is 12.4. The van der Waals surface area contributed by atoms with Crippen molar-refractivity contribution in [1.29, 1.82) is 0 Å². The predicted molar refractivity (Wildman–Crippen MR) is 89.8 cm³/mol. The fourth-order valence-electron chi connectivity index (χ4n) is 2.68. The van der Waals surface area contributed by atoms with Crippen molar-refractivity contribution in [2.45, 2.75) is 5.92 Å². The van der Waals surface area contributed by atoms with Gasteiger partial charge in [-0.25, -0.2) is 0 Å². The Hall–Kier alpha value is -2.14. The smallest absolute Gasteiger partial charge is 0.175 e. The molecule has 0 spiro atoms. The average molecular weight is 361 g/mol. The van der Waals surface area contributed by atoms with E-state index in [1.807, 2.05) is 30.6 Å². The summed E-state index contributed by atoms with van der Waals surface area (Å²) in [5.74, 6) is 1.46. The maximum atomic E-state index is 5.50. The monoisotopic (exact) mass is 360 g/mol. The zero-order chi connectivity index (χ0) is 15.5. The first-order valence-electron chi connectivity index (χ1n) is 6.93. The molecule has 0 radical (unpaired) electrons. The summed E-state index contributed by atoms with van der Waals surface area (Å²) in [4.78, 5) is 6.61. The molecule has 0 atom stereocenters. The van der Waals surface area contributed by atoms with Crippen molar-refractivity contribution < 1.29 is 9.47 Å². The molecule has 1 aromatic carbocycles. The summed E-state index contributed by atoms with van der Waals surface area (Å²) in [6.45, 7) is 0. The van der Waals surface area contributed by atoms with E-state index >= 15 is 0 Å². The summed E-state index contributed by atoms with van der Waals surface area (Å²) in [5, 5.41) is 0. The van der Waals surface area contributed by atoms with Crippen LogP contribution in [0, 0.1) is 0 Å². The maximum Gasteiger partial charge on any atom is 0.175 e. The molecular formula is C17H17BrN2O2. The Morgan fingerprint density at radius 3 is 2.00 bits per heavy atom. The first-order chi connectivity index (χ1) is 10.8. The van der Waals surface area contributed by atoms with E-state index in [1.54, 1.807) is 14.2 Å². The Morgan fingerprint density at radius 1 is 0.909 bits per heavy atom. The van der Waals surface area contributed by atoms with Crippen LogP contribution in [0.25, 0.3) is 0 Å². The van der Waals surface area contributed by atoms with Crippen molar-refractivity contribution in [3.8, 4) is 11.5 Å². The van der Waals surface area contributed by atoms with E-state index in [2.05, 4.69) is 44.1 Å². The van der Waals surface area contributed by atoms with Gasteiger partial charge in [-0.3, -0.25) is 0 Å². The second-order valence-electron chi connectivity index (χ2n) is 4.89. The van der Waals surface area contributed by atoms with Gasteiger partial charge in [-0.15, -0.1) is 0 Å². The molecule has 0 amide bonds. The van der Waals surface area contributed by atoms with E-state index in [1.165, 1.54) is 0 Å². The number of hydrogen-bond acceptors (Lipinski definition) is 2. The second kappa shape index (κ2) is 6.32. The minimum absolute atomic E-state index is 0.0548. The van der Waals surface area contributed by atoms with Crippen molar-refractivity contribution in [3.05, 3.63) is 70.2 Å². The number of aromatic amines is 2. The molecule has 0 fully saturated rings. The zero-order valence-corrected chi connectivity index (χ0v) is 14.0. The third-order valence-corrected chi connectivity index (χ3v) is 4.51. The molecule has 22 heavy (non-hydrogen) atoms. The van der Waals surface area contributed by atoms with Crippen LogP contribution in [0.15, 0.2) is 53.3 Å². The number of H-pyrrole nitrogens is 2. The lowest BCUT2D eigenvalue weighted by Crippen LogP contribution is -2.06. The van der Waals surface area contributed by atoms with E-state index in [0.29, 0.717) is 11.5 Å². The molecular weight excluding hydrogens is 344 g/mol. The molecule has 0 bridgehead atoms. The third kappa shape index (κ3) is 2.52. The van der Waals surface area contributed by atoms with Gasteiger partial charge in [0, 0.05) is 23.8 Å². The van der Waals surface area contributed by atoms with Crippen LogP contribution in [-0.4, -0.2) is 24.2 Å². The number of benzene rings is 1. The first kappa shape index (κ1) is 14.8. The van der Waals surface area contributed by atoms with Gasteiger partial charge < -0.3 is 19.4 Å². The van der Waals surface area contributed by atoms with Gasteiger partial charge in [0.25, 0.3) is 0 Å². The Morgan fingerprint density at radius 2 is 1.55 bits per heavy atom. The van der Waals surface area contributed by atoms with E-state index in [4.69, 9.17) is 9.47 Å². The summed E-state index contributed by atoms with van der Waals surface area (Å²) in [7, 11) is 3.28. The molecule has 0 aliphatic carbocycles. The molecule has 0 aliphatic rings. The number of nitrogens with one attached hydrogen (secondary N) is 2. The first-order valence-corrected chi connectivity index (χ1v) is 7.72. The number of halogens is 1. The minimum atomic E-state index is 0.0548. The lowest BCUT2D eigenvalue weighted by atomic mass is 9.92. The molecule has 5 heteroatoms. The largest absolute Gasteiger partial charge is 0.493 e. The van der Waals surface area contributed by atoms with Gasteiger partial charge >= 0.3 is 0 Å². The quantitative estimate of drug-likeness (QED) is 0.712. The van der Waals surface area contributed by atoms with E-state index < -0.39 is 0 Å². The highest BCUT2D eigenvalue weighted by atomic mass is 79.9. The molecule has 0 saturated heterocycles. The van der Waals surface area contributed by atoms with Crippen LogP contribution < -0.4 is 9.47 Å². The summed E-state index contributed by atoms with van der Waals surface area (Å²) in [5.41, 5.74) is 3.31. The van der Waals surface area contributed by atoms with Gasteiger partial charge in [0.15, 0.2) is 11.5 Å². The molecule has 2 N–H and O–H groups in total. The number of hydrogen-bond donors (Lipinski definition) is 2. The highest BCUT2D eigenvalue weighted by molar-refractivity contribution is 9.10.